The average molecular weight is 379 g/mol. The Bertz CT molecular complexity index is 893. The zero-order chi connectivity index (χ0) is 19.9. The molecule has 0 heterocycles. The molecule has 0 fully saturated rings. The largest absolute Gasteiger partial charge is 0.203 e. The van der Waals surface area contributed by atoms with Gasteiger partial charge in [-0.15, -0.1) is 0 Å². The first-order chi connectivity index (χ1) is 13.6. The van der Waals surface area contributed by atoms with Gasteiger partial charge in [-0.3, -0.25) is 0 Å². The number of hydrogen-bond donors (Lipinski definition) is 0. The molecule has 0 unspecified atom stereocenters. The first-order valence-corrected chi connectivity index (χ1v) is 10.3. The highest BCUT2D eigenvalue weighted by molar-refractivity contribution is 5.71. The van der Waals surface area contributed by atoms with Gasteiger partial charge >= 0.3 is 0 Å². The highest BCUT2D eigenvalue weighted by atomic mass is 19.2. The number of hydrogen-bond acceptors (Lipinski definition) is 0. The van der Waals surface area contributed by atoms with Gasteiger partial charge < -0.3 is 0 Å². The predicted molar refractivity (Wildman–Crippen MR) is 114 cm³/mol. The van der Waals surface area contributed by atoms with Crippen LogP contribution in [0.5, 0.6) is 0 Å². The third-order valence-electron chi connectivity index (χ3n) is 5.23. The summed E-state index contributed by atoms with van der Waals surface area (Å²) in [5.74, 6) is -1.47. The van der Waals surface area contributed by atoms with E-state index in [0.29, 0.717) is 23.1 Å². The minimum absolute atomic E-state index is 0.315. The van der Waals surface area contributed by atoms with E-state index >= 15 is 0 Å². The SMILES string of the molecule is CCCCCc1ccc(-c2ccc(-c3ccc(CCC)c(F)c3F)cc2)cc1. The molecule has 0 radical (unpaired) electrons. The van der Waals surface area contributed by atoms with Gasteiger partial charge in [0.05, 0.1) is 0 Å². The topological polar surface area (TPSA) is 0 Å². The lowest BCUT2D eigenvalue weighted by atomic mass is 9.97. The Hall–Kier alpha value is -2.48. The van der Waals surface area contributed by atoms with Crippen LogP contribution in [0.3, 0.4) is 0 Å². The van der Waals surface area contributed by atoms with Gasteiger partial charge in [-0.2, -0.15) is 0 Å². The summed E-state index contributed by atoms with van der Waals surface area (Å²) in [5.41, 5.74) is 5.02. The van der Waals surface area contributed by atoms with E-state index in [2.05, 4.69) is 31.2 Å². The van der Waals surface area contributed by atoms with Crippen LogP contribution in [0.2, 0.25) is 0 Å². The Morgan fingerprint density at radius 1 is 0.571 bits per heavy atom. The Labute approximate surface area is 167 Å². The Kier molecular flexibility index (Phi) is 6.97. The fourth-order valence-corrected chi connectivity index (χ4v) is 3.56. The van der Waals surface area contributed by atoms with Gasteiger partial charge in [0.2, 0.25) is 0 Å². The van der Waals surface area contributed by atoms with Crippen LogP contribution in [0.4, 0.5) is 8.78 Å². The summed E-state index contributed by atoms with van der Waals surface area (Å²) < 4.78 is 28.7. The van der Waals surface area contributed by atoms with Crippen molar-refractivity contribution >= 4 is 0 Å². The van der Waals surface area contributed by atoms with Crippen molar-refractivity contribution in [2.24, 2.45) is 0 Å². The van der Waals surface area contributed by atoms with Crippen LogP contribution in [0.25, 0.3) is 22.3 Å². The van der Waals surface area contributed by atoms with Crippen LogP contribution >= 0.6 is 0 Å². The lowest BCUT2D eigenvalue weighted by Crippen LogP contribution is -1.97. The molecule has 3 aromatic carbocycles. The van der Waals surface area contributed by atoms with Crippen LogP contribution in [0.15, 0.2) is 60.7 Å². The predicted octanol–water partition coefficient (Wildman–Crippen LogP) is 7.98. The smallest absolute Gasteiger partial charge is 0.166 e. The minimum atomic E-state index is -0.755. The quantitative estimate of drug-likeness (QED) is 0.348. The molecular formula is C26H28F2. The molecule has 0 bridgehead atoms. The maximum atomic E-state index is 14.5. The van der Waals surface area contributed by atoms with E-state index < -0.39 is 11.6 Å². The van der Waals surface area contributed by atoms with Gasteiger partial charge in [0.15, 0.2) is 11.6 Å². The molecule has 0 atom stereocenters. The second-order valence-electron chi connectivity index (χ2n) is 7.38. The zero-order valence-corrected chi connectivity index (χ0v) is 16.8. The van der Waals surface area contributed by atoms with E-state index in [0.717, 1.165) is 24.0 Å². The summed E-state index contributed by atoms with van der Waals surface area (Å²) in [6.45, 7) is 4.17. The molecule has 0 aromatic heterocycles. The number of halogens is 2. The van der Waals surface area contributed by atoms with Crippen molar-refractivity contribution in [3.05, 3.63) is 83.4 Å². The maximum absolute atomic E-state index is 14.5. The second-order valence-corrected chi connectivity index (χ2v) is 7.38. The normalized spacial score (nSPS) is 11.0. The second kappa shape index (κ2) is 9.64. The van der Waals surface area contributed by atoms with Crippen molar-refractivity contribution in [1.29, 1.82) is 0 Å². The highest BCUT2D eigenvalue weighted by Gasteiger charge is 2.14. The molecule has 28 heavy (non-hydrogen) atoms. The summed E-state index contributed by atoms with van der Waals surface area (Å²) >= 11 is 0. The molecule has 146 valence electrons. The van der Waals surface area contributed by atoms with Gasteiger partial charge in [0.25, 0.3) is 0 Å². The number of rotatable bonds is 8. The molecule has 0 aliphatic rings. The monoisotopic (exact) mass is 378 g/mol. The third kappa shape index (κ3) is 4.67. The van der Waals surface area contributed by atoms with Gasteiger partial charge in [-0.1, -0.05) is 93.8 Å². The summed E-state index contributed by atoms with van der Waals surface area (Å²) in [4.78, 5) is 0. The number of unbranched alkanes of at least 4 members (excludes halogenated alkanes) is 2. The van der Waals surface area contributed by atoms with E-state index in [-0.39, 0.29) is 0 Å². The molecule has 0 aliphatic carbocycles. The lowest BCUT2D eigenvalue weighted by Gasteiger charge is -2.10. The van der Waals surface area contributed by atoms with Crippen LogP contribution in [-0.4, -0.2) is 0 Å². The molecule has 0 amide bonds. The molecule has 2 heteroatoms. The third-order valence-corrected chi connectivity index (χ3v) is 5.23. The van der Waals surface area contributed by atoms with Crippen LogP contribution in [0.1, 0.15) is 50.7 Å². The van der Waals surface area contributed by atoms with E-state index in [1.807, 2.05) is 31.2 Å². The van der Waals surface area contributed by atoms with Crippen molar-refractivity contribution in [2.45, 2.75) is 52.4 Å². The highest BCUT2D eigenvalue weighted by Crippen LogP contribution is 2.29. The van der Waals surface area contributed by atoms with Crippen molar-refractivity contribution in [1.82, 2.24) is 0 Å². The maximum Gasteiger partial charge on any atom is 0.166 e. The summed E-state index contributed by atoms with van der Waals surface area (Å²) in [7, 11) is 0. The van der Waals surface area contributed by atoms with Gasteiger partial charge in [0, 0.05) is 5.56 Å². The Morgan fingerprint density at radius 3 is 1.79 bits per heavy atom. The minimum Gasteiger partial charge on any atom is -0.203 e. The van der Waals surface area contributed by atoms with E-state index in [9.17, 15) is 8.78 Å². The standard InChI is InChI=1S/C26H28F2/c1-3-5-6-8-19-9-11-20(12-10-19)21-13-15-22(16-14-21)24-18-17-23(7-4-2)25(27)26(24)28/h9-18H,3-8H2,1-2H3. The molecular weight excluding hydrogens is 350 g/mol. The lowest BCUT2D eigenvalue weighted by molar-refractivity contribution is 0.500. The summed E-state index contributed by atoms with van der Waals surface area (Å²) in [5, 5.41) is 0. The first-order valence-electron chi connectivity index (χ1n) is 10.3. The van der Waals surface area contributed by atoms with Crippen LogP contribution in [-0.2, 0) is 12.8 Å². The fourth-order valence-electron chi connectivity index (χ4n) is 3.56. The average Bonchev–Trinajstić information content (AvgIpc) is 2.73. The van der Waals surface area contributed by atoms with Crippen molar-refractivity contribution in [3.8, 4) is 22.3 Å². The Balaban J connectivity index is 1.77. The van der Waals surface area contributed by atoms with E-state index in [1.165, 1.54) is 24.8 Å². The van der Waals surface area contributed by atoms with Crippen LogP contribution < -0.4 is 0 Å². The van der Waals surface area contributed by atoms with Crippen LogP contribution in [0, 0.1) is 11.6 Å². The van der Waals surface area contributed by atoms with Crippen molar-refractivity contribution in [2.75, 3.05) is 0 Å². The van der Waals surface area contributed by atoms with E-state index in [1.54, 1.807) is 12.1 Å². The molecule has 0 aliphatic heterocycles. The van der Waals surface area contributed by atoms with Gasteiger partial charge in [-0.25, -0.2) is 8.78 Å². The zero-order valence-electron chi connectivity index (χ0n) is 16.8. The molecule has 0 nitrogen and oxygen atoms in total. The van der Waals surface area contributed by atoms with Crippen molar-refractivity contribution < 1.29 is 8.78 Å². The van der Waals surface area contributed by atoms with Gasteiger partial charge in [0.1, 0.15) is 0 Å². The summed E-state index contributed by atoms with van der Waals surface area (Å²) in [6, 6.07) is 19.7. The Morgan fingerprint density at radius 2 is 1.18 bits per heavy atom. The van der Waals surface area contributed by atoms with Gasteiger partial charge in [-0.05, 0) is 47.1 Å². The number of aryl methyl sites for hydroxylation is 2. The number of benzene rings is 3. The molecule has 3 rings (SSSR count). The molecule has 0 saturated heterocycles. The summed E-state index contributed by atoms with van der Waals surface area (Å²) in [6.07, 6.45) is 6.18. The molecule has 0 spiro atoms. The fraction of sp³-hybridized carbons (Fsp3) is 0.308. The molecule has 3 aromatic rings. The van der Waals surface area contributed by atoms with E-state index in [4.69, 9.17) is 0 Å². The van der Waals surface area contributed by atoms with Crippen molar-refractivity contribution in [3.63, 3.8) is 0 Å². The first kappa shape index (κ1) is 20.3. The molecule has 0 saturated carbocycles. The molecule has 0 N–H and O–H groups in total.